The molecular weight excluding hydrogens is 504 g/mol. The average molecular weight is 531 g/mol. The lowest BCUT2D eigenvalue weighted by molar-refractivity contribution is 0.0782. The molecule has 1 atom stereocenters. The predicted molar refractivity (Wildman–Crippen MR) is 147 cm³/mol. The number of nitrogens with zero attached hydrogens (tertiary/aromatic N) is 3. The molecule has 2 aliphatic heterocycles. The largest absolute Gasteiger partial charge is 0.395 e. The molecule has 8 nitrogen and oxygen atoms in total. The molecule has 4 aromatic rings. The molecule has 1 saturated heterocycles. The molecule has 194 valence electrons. The lowest BCUT2D eigenvalue weighted by Crippen LogP contribution is -2.34. The van der Waals surface area contributed by atoms with Crippen molar-refractivity contribution in [2.75, 3.05) is 33.8 Å². The number of halogens is 1. The van der Waals surface area contributed by atoms with Crippen LogP contribution in [-0.4, -0.2) is 77.0 Å². The number of fused-ring (bicyclic) bond motifs is 5. The van der Waals surface area contributed by atoms with Crippen molar-refractivity contribution in [3.05, 3.63) is 70.2 Å². The molecule has 6 rings (SSSR count). The van der Waals surface area contributed by atoms with Gasteiger partial charge in [-0.25, -0.2) is 0 Å². The minimum Gasteiger partial charge on any atom is -0.395 e. The smallest absolute Gasteiger partial charge is 0.259 e. The lowest BCUT2D eigenvalue weighted by Gasteiger charge is -2.20. The summed E-state index contributed by atoms with van der Waals surface area (Å²) in [5.74, 6) is -0.994. The van der Waals surface area contributed by atoms with Gasteiger partial charge in [0.15, 0.2) is 0 Å². The standard InChI is InChI=1S/C29H27ClN4O4/c1-32(2)17-9-10-33(15-17)29(38)16-7-8-19-22(13-16)34(11-12-35)23-14-20(18-5-3-4-6-21(18)30)25-26(24(19)23)28(37)31-27(25)36/h3-8,13-14,17,35H,9-12,15H2,1-2H3,(H,31,36,37)/t17-/m0/s1. The van der Waals surface area contributed by atoms with Gasteiger partial charge >= 0.3 is 0 Å². The summed E-state index contributed by atoms with van der Waals surface area (Å²) in [6, 6.07) is 14.8. The van der Waals surface area contributed by atoms with Gasteiger partial charge in [-0.3, -0.25) is 19.7 Å². The van der Waals surface area contributed by atoms with Crippen molar-refractivity contribution in [1.82, 2.24) is 19.7 Å². The Bertz CT molecular complexity index is 1660. The normalized spacial score (nSPS) is 17.2. The number of carbonyl (C=O) groups is 3. The van der Waals surface area contributed by atoms with Gasteiger partial charge < -0.3 is 19.5 Å². The Morgan fingerprint density at radius 1 is 1.05 bits per heavy atom. The second kappa shape index (κ2) is 9.23. The number of carbonyl (C=O) groups excluding carboxylic acids is 3. The van der Waals surface area contributed by atoms with Gasteiger partial charge in [-0.1, -0.05) is 35.9 Å². The Morgan fingerprint density at radius 3 is 2.53 bits per heavy atom. The van der Waals surface area contributed by atoms with E-state index in [0.717, 1.165) is 11.8 Å². The molecule has 1 aromatic heterocycles. The Kier molecular flexibility index (Phi) is 5.98. The first-order chi connectivity index (χ1) is 18.3. The zero-order valence-corrected chi connectivity index (χ0v) is 21.9. The molecule has 2 aliphatic rings. The van der Waals surface area contributed by atoms with Crippen LogP contribution in [0, 0.1) is 0 Å². The van der Waals surface area contributed by atoms with E-state index in [1.54, 1.807) is 18.2 Å². The molecule has 9 heteroatoms. The van der Waals surface area contributed by atoms with E-state index in [2.05, 4.69) is 10.2 Å². The van der Waals surface area contributed by atoms with Crippen LogP contribution in [0.3, 0.4) is 0 Å². The highest BCUT2D eigenvalue weighted by atomic mass is 35.5. The quantitative estimate of drug-likeness (QED) is 0.383. The third kappa shape index (κ3) is 3.71. The zero-order chi connectivity index (χ0) is 26.7. The number of hydrogen-bond acceptors (Lipinski definition) is 5. The summed E-state index contributed by atoms with van der Waals surface area (Å²) in [7, 11) is 4.04. The zero-order valence-electron chi connectivity index (χ0n) is 21.1. The van der Waals surface area contributed by atoms with Crippen molar-refractivity contribution < 1.29 is 19.5 Å². The number of likely N-dealkylation sites (tertiary alicyclic amines) is 1. The summed E-state index contributed by atoms with van der Waals surface area (Å²) in [5, 5.41) is 14.2. The van der Waals surface area contributed by atoms with E-state index >= 15 is 0 Å². The number of hydrogen-bond donors (Lipinski definition) is 2. The summed E-state index contributed by atoms with van der Waals surface area (Å²) >= 11 is 6.51. The predicted octanol–water partition coefficient (Wildman–Crippen LogP) is 3.77. The van der Waals surface area contributed by atoms with Crippen LogP contribution in [0.1, 0.15) is 37.5 Å². The van der Waals surface area contributed by atoms with E-state index in [9.17, 15) is 19.5 Å². The van der Waals surface area contributed by atoms with Crippen LogP contribution in [0.25, 0.3) is 32.9 Å². The van der Waals surface area contributed by atoms with E-state index < -0.39 is 11.8 Å². The first-order valence-electron chi connectivity index (χ1n) is 12.6. The second-order valence-corrected chi connectivity index (χ2v) is 10.5. The molecule has 0 saturated carbocycles. The van der Waals surface area contributed by atoms with Gasteiger partial charge in [0.05, 0.1) is 23.3 Å². The van der Waals surface area contributed by atoms with Crippen molar-refractivity contribution in [1.29, 1.82) is 0 Å². The Balaban J connectivity index is 1.59. The van der Waals surface area contributed by atoms with Crippen molar-refractivity contribution >= 4 is 51.1 Å². The summed E-state index contributed by atoms with van der Waals surface area (Å²) in [4.78, 5) is 43.5. The minimum absolute atomic E-state index is 0.0491. The number of aromatic nitrogens is 1. The van der Waals surface area contributed by atoms with Crippen molar-refractivity contribution in [3.8, 4) is 11.1 Å². The van der Waals surface area contributed by atoms with Crippen LogP contribution in [0.2, 0.25) is 5.02 Å². The number of amides is 3. The van der Waals surface area contributed by atoms with Crippen LogP contribution in [-0.2, 0) is 6.54 Å². The Labute approximate surface area is 224 Å². The molecule has 1 fully saturated rings. The third-order valence-corrected chi connectivity index (χ3v) is 8.08. The fourth-order valence-corrected chi connectivity index (χ4v) is 6.08. The topological polar surface area (TPSA) is 94.9 Å². The van der Waals surface area contributed by atoms with Gasteiger partial charge in [0, 0.05) is 58.1 Å². The molecule has 3 aromatic carbocycles. The van der Waals surface area contributed by atoms with Crippen LogP contribution in [0.4, 0.5) is 0 Å². The van der Waals surface area contributed by atoms with Gasteiger partial charge in [0.25, 0.3) is 17.7 Å². The highest BCUT2D eigenvalue weighted by Gasteiger charge is 2.35. The molecule has 0 aliphatic carbocycles. The maximum atomic E-state index is 13.4. The van der Waals surface area contributed by atoms with Gasteiger partial charge in [0.1, 0.15) is 0 Å². The van der Waals surface area contributed by atoms with E-state index in [4.69, 9.17) is 11.6 Å². The number of aliphatic hydroxyl groups is 1. The fourth-order valence-electron chi connectivity index (χ4n) is 5.84. The molecule has 0 radical (unpaired) electrons. The third-order valence-electron chi connectivity index (χ3n) is 7.75. The molecule has 3 amide bonds. The molecule has 0 spiro atoms. The number of imide groups is 1. The van der Waals surface area contributed by atoms with Crippen molar-refractivity contribution in [2.45, 2.75) is 19.0 Å². The van der Waals surface area contributed by atoms with Gasteiger partial charge in [-0.2, -0.15) is 0 Å². The van der Waals surface area contributed by atoms with Gasteiger partial charge in [0.2, 0.25) is 0 Å². The summed E-state index contributed by atoms with van der Waals surface area (Å²) in [6.45, 7) is 1.47. The molecule has 2 N–H and O–H groups in total. The maximum Gasteiger partial charge on any atom is 0.259 e. The number of aliphatic hydroxyl groups excluding tert-OH is 1. The van der Waals surface area contributed by atoms with E-state index in [1.165, 1.54) is 0 Å². The molecule has 38 heavy (non-hydrogen) atoms. The lowest BCUT2D eigenvalue weighted by atomic mass is 9.92. The number of benzene rings is 3. The first kappa shape index (κ1) is 24.6. The minimum atomic E-state index is -0.473. The summed E-state index contributed by atoms with van der Waals surface area (Å²) in [5.41, 5.74) is 3.70. The van der Waals surface area contributed by atoms with E-state index in [1.807, 2.05) is 53.9 Å². The highest BCUT2D eigenvalue weighted by molar-refractivity contribution is 6.36. The van der Waals surface area contributed by atoms with Crippen LogP contribution < -0.4 is 5.32 Å². The van der Waals surface area contributed by atoms with Crippen LogP contribution in [0.5, 0.6) is 0 Å². The summed E-state index contributed by atoms with van der Waals surface area (Å²) < 4.78 is 1.91. The molecule has 3 heterocycles. The monoisotopic (exact) mass is 530 g/mol. The SMILES string of the molecule is CN(C)[C@H]1CCN(C(=O)c2ccc3c4c5c(c(-c6ccccc6Cl)cc4n(CCO)c3c2)C(=O)NC5=O)C1. The Morgan fingerprint density at radius 2 is 1.82 bits per heavy atom. The second-order valence-electron chi connectivity index (χ2n) is 10.1. The van der Waals surface area contributed by atoms with E-state index in [0.29, 0.717) is 57.3 Å². The summed E-state index contributed by atoms with van der Waals surface area (Å²) in [6.07, 6.45) is 0.922. The van der Waals surface area contributed by atoms with Crippen molar-refractivity contribution in [2.24, 2.45) is 0 Å². The average Bonchev–Trinajstić information content (AvgIpc) is 3.59. The fraction of sp³-hybridized carbons (Fsp3) is 0.276. The first-order valence-corrected chi connectivity index (χ1v) is 13.0. The molecular formula is C29H27ClN4O4. The number of likely N-dealkylation sites (N-methyl/N-ethyl adjacent to an activating group) is 1. The number of rotatable bonds is 5. The van der Waals surface area contributed by atoms with Gasteiger partial charge in [-0.05, 0) is 50.3 Å². The van der Waals surface area contributed by atoms with Crippen LogP contribution in [0.15, 0.2) is 48.5 Å². The molecule has 0 bridgehead atoms. The molecule has 0 unspecified atom stereocenters. The van der Waals surface area contributed by atoms with Crippen molar-refractivity contribution in [3.63, 3.8) is 0 Å². The van der Waals surface area contributed by atoms with E-state index in [-0.39, 0.29) is 30.2 Å². The van der Waals surface area contributed by atoms with Crippen LogP contribution >= 0.6 is 11.6 Å². The maximum absolute atomic E-state index is 13.4. The highest BCUT2D eigenvalue weighted by Crippen LogP contribution is 2.42. The Hall–Kier alpha value is -3.72. The number of nitrogens with one attached hydrogen (secondary N) is 1. The van der Waals surface area contributed by atoms with Gasteiger partial charge in [-0.15, -0.1) is 0 Å².